The van der Waals surface area contributed by atoms with Gasteiger partial charge < -0.3 is 0 Å². The Morgan fingerprint density at radius 1 is 1.09 bits per heavy atom. The number of aromatic nitrogens is 6. The molecule has 3 heterocycles. The molecule has 4 aromatic rings. The first-order chi connectivity index (χ1) is 20.9. The summed E-state index contributed by atoms with van der Waals surface area (Å²) >= 11 is 0.286. The molecule has 0 unspecified atom stereocenters. The molecule has 10 nitrogen and oxygen atoms in total. The van der Waals surface area contributed by atoms with Crippen LogP contribution in [-0.2, 0) is 29.7 Å². The van der Waals surface area contributed by atoms with Crippen LogP contribution in [0.3, 0.4) is 0 Å². The first-order valence-electron chi connectivity index (χ1n) is 13.9. The predicted octanol–water partition coefficient (Wildman–Crippen LogP) is 4.83. The van der Waals surface area contributed by atoms with Gasteiger partial charge in [0.1, 0.15) is 17.0 Å². The van der Waals surface area contributed by atoms with E-state index in [9.17, 15) is 30.8 Å². The van der Waals surface area contributed by atoms with E-state index in [1.165, 1.54) is 27.4 Å². The number of hydrogen-bond acceptors (Lipinski definition) is 8. The number of aryl methyl sites for hydroxylation is 1. The fourth-order valence-corrected chi connectivity index (χ4v) is 8.95. The number of nitrogens with zero attached hydrogens (tertiary/aromatic N) is 7. The van der Waals surface area contributed by atoms with E-state index in [0.29, 0.717) is 54.4 Å². The number of thiazole rings is 1. The molecule has 0 saturated heterocycles. The van der Waals surface area contributed by atoms with Crippen molar-refractivity contribution in [1.82, 2.24) is 33.8 Å². The van der Waals surface area contributed by atoms with Crippen molar-refractivity contribution in [3.05, 3.63) is 75.5 Å². The minimum Gasteiger partial charge on any atom is -0.290 e. The Hall–Kier alpha value is -3.76. The van der Waals surface area contributed by atoms with Gasteiger partial charge in [0.2, 0.25) is 5.78 Å². The Kier molecular flexibility index (Phi) is 6.68. The van der Waals surface area contributed by atoms with Crippen molar-refractivity contribution in [3.63, 3.8) is 0 Å². The van der Waals surface area contributed by atoms with Gasteiger partial charge in [0.15, 0.2) is 5.01 Å². The van der Waals surface area contributed by atoms with E-state index in [1.807, 2.05) is 6.08 Å². The number of hydrogen-bond donors (Lipinski definition) is 0. The molecule has 0 aliphatic heterocycles. The Morgan fingerprint density at radius 3 is 2.48 bits per heavy atom. The average molecular weight is 648 g/mol. The third-order valence-electron chi connectivity index (χ3n) is 8.47. The number of fused-ring (bicyclic) bond motifs is 2. The van der Waals surface area contributed by atoms with Crippen molar-refractivity contribution < 1.29 is 30.8 Å². The van der Waals surface area contributed by atoms with Crippen LogP contribution in [-0.4, -0.2) is 60.1 Å². The Labute approximate surface area is 253 Å². The molecule has 44 heavy (non-hydrogen) atoms. The fourth-order valence-electron chi connectivity index (χ4n) is 6.36. The standard InChI is InChI=1S/C28H25F4N7O3S2/c1-37-15-34-26(36-37)44(41,42)39(20-8-9-20)21-5-2-17-10-22-16(13-35-38(22)19-6-3-18(29)4-7-19)11-27(17,12-21)24(40)25-33-14-23(43-25)28(30,31)32/h3-4,6-7,10,13-15,20-21H,2,5,8-9,11-12H2,1H3/t21-,27-/m0/s1. The van der Waals surface area contributed by atoms with Crippen LogP contribution < -0.4 is 0 Å². The van der Waals surface area contributed by atoms with Gasteiger partial charge in [-0.2, -0.15) is 22.6 Å². The van der Waals surface area contributed by atoms with Gasteiger partial charge in [0.05, 0.1) is 29.2 Å². The molecule has 3 aliphatic carbocycles. The number of Topliss-reactive ketones (excluding diaryl/α,β-unsaturated/α-hetero) is 1. The number of carbonyl (C=O) groups is 1. The van der Waals surface area contributed by atoms with Crippen LogP contribution in [0.5, 0.6) is 0 Å². The van der Waals surface area contributed by atoms with E-state index in [4.69, 9.17) is 0 Å². The summed E-state index contributed by atoms with van der Waals surface area (Å²) in [5.74, 6) is -0.993. The smallest absolute Gasteiger partial charge is 0.290 e. The SMILES string of the molecule is Cn1cnc(S(=O)(=O)N(C2CC2)[C@H]2CCC3=Cc4c(cnn4-c4ccc(F)cc4)C[C@]3(C(=O)c3ncc(C(F)(F)F)s3)C2)n1. The molecule has 16 heteroatoms. The van der Waals surface area contributed by atoms with Gasteiger partial charge in [-0.1, -0.05) is 5.57 Å². The lowest BCUT2D eigenvalue weighted by Gasteiger charge is -2.46. The summed E-state index contributed by atoms with van der Waals surface area (Å²) in [5, 5.41) is 7.89. The number of benzene rings is 1. The van der Waals surface area contributed by atoms with Gasteiger partial charge in [-0.05, 0) is 74.4 Å². The van der Waals surface area contributed by atoms with Crippen molar-refractivity contribution in [2.24, 2.45) is 12.5 Å². The Bertz CT molecular complexity index is 1910. The van der Waals surface area contributed by atoms with E-state index in [1.54, 1.807) is 30.1 Å². The zero-order chi connectivity index (χ0) is 31.0. The highest BCUT2D eigenvalue weighted by atomic mass is 32.2. The van der Waals surface area contributed by atoms with Crippen molar-refractivity contribution in [2.45, 2.75) is 61.9 Å². The number of allylic oxidation sites excluding steroid dienone is 1. The van der Waals surface area contributed by atoms with E-state index in [2.05, 4.69) is 20.2 Å². The van der Waals surface area contributed by atoms with Crippen LogP contribution >= 0.6 is 11.3 Å². The second-order valence-electron chi connectivity index (χ2n) is 11.4. The van der Waals surface area contributed by atoms with Crippen LogP contribution in [0.25, 0.3) is 11.8 Å². The lowest BCUT2D eigenvalue weighted by atomic mass is 9.61. The van der Waals surface area contributed by atoms with Crippen LogP contribution in [0.4, 0.5) is 17.6 Å². The van der Waals surface area contributed by atoms with Crippen LogP contribution in [0.1, 0.15) is 58.0 Å². The first kappa shape index (κ1) is 29.0. The van der Waals surface area contributed by atoms with E-state index < -0.39 is 44.1 Å². The highest BCUT2D eigenvalue weighted by Crippen LogP contribution is 2.53. The van der Waals surface area contributed by atoms with Crippen molar-refractivity contribution in [3.8, 4) is 5.69 Å². The van der Waals surface area contributed by atoms with Gasteiger partial charge in [-0.15, -0.1) is 16.4 Å². The van der Waals surface area contributed by atoms with Gasteiger partial charge in [0, 0.05) is 19.1 Å². The zero-order valence-electron chi connectivity index (χ0n) is 23.2. The largest absolute Gasteiger partial charge is 0.427 e. The molecule has 0 N–H and O–H groups in total. The van der Waals surface area contributed by atoms with Crippen LogP contribution in [0, 0.1) is 11.2 Å². The summed E-state index contributed by atoms with van der Waals surface area (Å²) in [6.45, 7) is 0. The molecule has 0 spiro atoms. The van der Waals surface area contributed by atoms with Gasteiger partial charge >= 0.3 is 6.18 Å². The molecule has 0 amide bonds. The van der Waals surface area contributed by atoms with Crippen molar-refractivity contribution in [2.75, 3.05) is 0 Å². The maximum atomic E-state index is 14.4. The third kappa shape index (κ3) is 4.79. The molecule has 2 atom stereocenters. The number of halogens is 4. The van der Waals surface area contributed by atoms with E-state index in [0.717, 1.165) is 0 Å². The Morgan fingerprint density at radius 2 is 1.84 bits per heavy atom. The number of ketones is 1. The molecule has 3 aliphatic rings. The monoisotopic (exact) mass is 647 g/mol. The molecule has 3 aromatic heterocycles. The maximum absolute atomic E-state index is 14.4. The molecule has 7 rings (SSSR count). The molecule has 230 valence electrons. The highest BCUT2D eigenvalue weighted by Gasteiger charge is 2.54. The molecule has 0 bridgehead atoms. The minimum absolute atomic E-state index is 0.0440. The lowest BCUT2D eigenvalue weighted by Crippen LogP contribution is -2.51. The van der Waals surface area contributed by atoms with Crippen LogP contribution in [0.15, 0.2) is 53.7 Å². The molecule has 0 radical (unpaired) electrons. The summed E-state index contributed by atoms with van der Waals surface area (Å²) in [6.07, 6.45) is 2.81. The molecule has 1 aromatic carbocycles. The number of alkyl halides is 3. The number of sulfonamides is 1. The van der Waals surface area contributed by atoms with Gasteiger partial charge in [-0.3, -0.25) is 9.48 Å². The summed E-state index contributed by atoms with van der Waals surface area (Å²) < 4.78 is 86.2. The second-order valence-corrected chi connectivity index (χ2v) is 14.2. The predicted molar refractivity (Wildman–Crippen MR) is 150 cm³/mol. The van der Waals surface area contributed by atoms with E-state index >= 15 is 0 Å². The molecule has 2 saturated carbocycles. The molecule has 2 fully saturated rings. The molecular weight excluding hydrogens is 622 g/mol. The summed E-state index contributed by atoms with van der Waals surface area (Å²) in [5.41, 5.74) is 1.25. The number of rotatable bonds is 7. The van der Waals surface area contributed by atoms with E-state index in [-0.39, 0.29) is 40.4 Å². The maximum Gasteiger partial charge on any atom is 0.427 e. The quantitative estimate of drug-likeness (QED) is 0.209. The van der Waals surface area contributed by atoms with Gasteiger partial charge in [0.25, 0.3) is 15.2 Å². The van der Waals surface area contributed by atoms with Crippen LogP contribution in [0.2, 0.25) is 0 Å². The van der Waals surface area contributed by atoms with Crippen molar-refractivity contribution in [1.29, 1.82) is 0 Å². The minimum atomic E-state index is -4.66. The average Bonchev–Trinajstić information content (AvgIpc) is 3.34. The Balaban J connectivity index is 1.32. The lowest BCUT2D eigenvalue weighted by molar-refractivity contribution is -0.134. The third-order valence-corrected chi connectivity index (χ3v) is 11.3. The summed E-state index contributed by atoms with van der Waals surface area (Å²) in [4.78, 5) is 21.3. The van der Waals surface area contributed by atoms with Crippen molar-refractivity contribution >= 4 is 33.2 Å². The summed E-state index contributed by atoms with van der Waals surface area (Å²) in [6, 6.07) is 4.84. The normalized spacial score (nSPS) is 22.0. The topological polar surface area (TPSA) is 116 Å². The number of carbonyl (C=O) groups excluding carboxylic acids is 1. The summed E-state index contributed by atoms with van der Waals surface area (Å²) in [7, 11) is -2.57. The second kappa shape index (κ2) is 10.1. The van der Waals surface area contributed by atoms with Gasteiger partial charge in [-0.25, -0.2) is 27.5 Å². The molecular formula is C28H25F4N7O3S2. The highest BCUT2D eigenvalue weighted by molar-refractivity contribution is 7.89. The first-order valence-corrected chi connectivity index (χ1v) is 16.1. The fraction of sp³-hybridized carbons (Fsp3) is 0.393. The zero-order valence-corrected chi connectivity index (χ0v) is 24.8.